The van der Waals surface area contributed by atoms with Crippen molar-refractivity contribution in [2.45, 2.75) is 49.8 Å². The summed E-state index contributed by atoms with van der Waals surface area (Å²) in [6.45, 7) is 6.93. The van der Waals surface area contributed by atoms with Crippen molar-refractivity contribution in [1.29, 1.82) is 0 Å². The van der Waals surface area contributed by atoms with Crippen molar-refractivity contribution in [3.63, 3.8) is 0 Å². The van der Waals surface area contributed by atoms with E-state index in [1.807, 2.05) is 18.2 Å². The number of aliphatic hydroxyl groups is 2. The first kappa shape index (κ1) is 16.6. The van der Waals surface area contributed by atoms with Crippen molar-refractivity contribution < 1.29 is 14.9 Å². The van der Waals surface area contributed by atoms with Gasteiger partial charge in [0.05, 0.1) is 11.0 Å². The summed E-state index contributed by atoms with van der Waals surface area (Å²) in [6.07, 6.45) is -0.185. The average Bonchev–Trinajstić information content (AvgIpc) is 2.42. The van der Waals surface area contributed by atoms with Crippen molar-refractivity contribution in [1.82, 2.24) is 5.32 Å². The molecule has 4 nitrogen and oxygen atoms in total. The number of thioether (sulfide) groups is 1. The topological polar surface area (TPSA) is 61.7 Å². The Morgan fingerprint density at radius 2 is 2.19 bits per heavy atom. The maximum atomic E-state index is 10.0. The molecule has 1 aromatic rings. The molecule has 0 aromatic heterocycles. The third-order valence-electron chi connectivity index (χ3n) is 3.31. The fraction of sp³-hybridized carbons (Fsp3) is 0.625. The van der Waals surface area contributed by atoms with E-state index in [4.69, 9.17) is 4.74 Å². The summed E-state index contributed by atoms with van der Waals surface area (Å²) in [5.74, 6) is 1.65. The van der Waals surface area contributed by atoms with Gasteiger partial charge in [0.25, 0.3) is 0 Å². The Balaban J connectivity index is 1.93. The van der Waals surface area contributed by atoms with Gasteiger partial charge in [-0.2, -0.15) is 0 Å². The number of fused-ring (bicyclic) bond motifs is 1. The third-order valence-corrected chi connectivity index (χ3v) is 4.47. The number of hydrogen-bond acceptors (Lipinski definition) is 5. The second-order valence-corrected chi connectivity index (χ2v) is 7.53. The minimum absolute atomic E-state index is 0.0210. The molecule has 0 bridgehead atoms. The summed E-state index contributed by atoms with van der Waals surface area (Å²) in [6, 6.07) is 5.73. The summed E-state index contributed by atoms with van der Waals surface area (Å²) in [4.78, 5) is 1.01. The molecule has 0 saturated carbocycles. The van der Waals surface area contributed by atoms with Crippen LogP contribution in [0.25, 0.3) is 0 Å². The molecule has 118 valence electrons. The molecular weight excluding hydrogens is 286 g/mol. The highest BCUT2D eigenvalue weighted by atomic mass is 32.2. The van der Waals surface area contributed by atoms with Crippen LogP contribution in [0.2, 0.25) is 0 Å². The Morgan fingerprint density at radius 1 is 1.43 bits per heavy atom. The van der Waals surface area contributed by atoms with Crippen molar-refractivity contribution in [2.75, 3.05) is 18.9 Å². The predicted octanol–water partition coefficient (Wildman–Crippen LogP) is 2.34. The molecule has 5 heteroatoms. The van der Waals surface area contributed by atoms with Crippen molar-refractivity contribution in [3.05, 3.63) is 23.8 Å². The molecule has 1 unspecified atom stereocenters. The zero-order valence-electron chi connectivity index (χ0n) is 12.9. The Hall–Kier alpha value is -0.750. The van der Waals surface area contributed by atoms with Gasteiger partial charge in [0.1, 0.15) is 18.5 Å². The molecule has 0 saturated heterocycles. The largest absolute Gasteiger partial charge is 0.490 e. The van der Waals surface area contributed by atoms with Crippen LogP contribution in [0.3, 0.4) is 0 Å². The summed E-state index contributed by atoms with van der Waals surface area (Å²) >= 11 is 1.71. The minimum atomic E-state index is -0.557. The van der Waals surface area contributed by atoms with Gasteiger partial charge in [-0.1, -0.05) is 12.1 Å². The minimum Gasteiger partial charge on any atom is -0.490 e. The second kappa shape index (κ2) is 7.01. The van der Waals surface area contributed by atoms with Gasteiger partial charge in [0.15, 0.2) is 0 Å². The maximum Gasteiger partial charge on any atom is 0.133 e. The highest BCUT2D eigenvalue weighted by Gasteiger charge is 2.22. The van der Waals surface area contributed by atoms with Crippen molar-refractivity contribution in [2.24, 2.45) is 0 Å². The van der Waals surface area contributed by atoms with Gasteiger partial charge in [-0.3, -0.25) is 0 Å². The maximum absolute atomic E-state index is 10.0. The van der Waals surface area contributed by atoms with E-state index in [0.717, 1.165) is 28.4 Å². The molecule has 21 heavy (non-hydrogen) atoms. The number of hydrogen-bond donors (Lipinski definition) is 3. The zero-order chi connectivity index (χ0) is 15.5. The standard InChI is InChI=1S/C16H25NO3S/c1-16(2,3)17-9-11(18)10-20-14-6-4-5-12-13(19)7-8-21-15(12)14/h4-6,11,13,17-19H,7-10H2,1-3H3/t11-,13?/m1/s1. The number of aliphatic hydroxyl groups excluding tert-OH is 2. The van der Waals surface area contributed by atoms with Crippen LogP contribution >= 0.6 is 11.8 Å². The van der Waals surface area contributed by atoms with Gasteiger partial charge in [0.2, 0.25) is 0 Å². The first-order chi connectivity index (χ1) is 9.87. The quantitative estimate of drug-likeness (QED) is 0.779. The lowest BCUT2D eigenvalue weighted by molar-refractivity contribution is 0.0979. The summed E-state index contributed by atoms with van der Waals surface area (Å²) < 4.78 is 5.76. The Bertz CT molecular complexity index is 473. The predicted molar refractivity (Wildman–Crippen MR) is 86.0 cm³/mol. The van der Waals surface area contributed by atoms with E-state index in [1.165, 1.54) is 0 Å². The van der Waals surface area contributed by atoms with Crippen LogP contribution in [0.1, 0.15) is 38.9 Å². The fourth-order valence-corrected chi connectivity index (χ4v) is 3.35. The smallest absolute Gasteiger partial charge is 0.133 e. The van der Waals surface area contributed by atoms with Crippen LogP contribution in [0, 0.1) is 0 Å². The normalized spacial score (nSPS) is 20.0. The van der Waals surface area contributed by atoms with Gasteiger partial charge in [-0.05, 0) is 38.8 Å². The van der Waals surface area contributed by atoms with Gasteiger partial charge < -0.3 is 20.3 Å². The summed E-state index contributed by atoms with van der Waals surface area (Å²) in [7, 11) is 0. The number of benzene rings is 1. The highest BCUT2D eigenvalue weighted by molar-refractivity contribution is 7.99. The molecule has 0 radical (unpaired) electrons. The number of ether oxygens (including phenoxy) is 1. The molecule has 0 amide bonds. The van der Waals surface area contributed by atoms with Crippen LogP contribution in [0.15, 0.2) is 23.1 Å². The van der Waals surface area contributed by atoms with Crippen LogP contribution in [-0.2, 0) is 0 Å². The molecule has 1 aromatic carbocycles. The summed E-state index contributed by atoms with van der Waals surface area (Å²) in [5.41, 5.74) is 0.915. The second-order valence-electron chi connectivity index (χ2n) is 6.42. The lowest BCUT2D eigenvalue weighted by Crippen LogP contribution is -2.42. The van der Waals surface area contributed by atoms with Gasteiger partial charge in [0, 0.05) is 17.8 Å². The van der Waals surface area contributed by atoms with Crippen molar-refractivity contribution in [3.8, 4) is 5.75 Å². The van der Waals surface area contributed by atoms with Gasteiger partial charge in [-0.25, -0.2) is 0 Å². The first-order valence-corrected chi connectivity index (χ1v) is 8.35. The molecule has 0 aliphatic carbocycles. The van der Waals surface area contributed by atoms with Gasteiger partial charge in [-0.15, -0.1) is 11.8 Å². The molecule has 0 fully saturated rings. The van der Waals surface area contributed by atoms with E-state index in [1.54, 1.807) is 11.8 Å². The molecule has 2 rings (SSSR count). The number of β-amino-alcohol motifs (C(OH)–C–C–N with tert-alkyl or cyclic N) is 1. The van der Waals surface area contributed by atoms with Crippen molar-refractivity contribution >= 4 is 11.8 Å². The molecule has 0 spiro atoms. The van der Waals surface area contributed by atoms with E-state index < -0.39 is 12.2 Å². The number of nitrogens with one attached hydrogen (secondary N) is 1. The Labute approximate surface area is 130 Å². The molecular formula is C16H25NO3S. The van der Waals surface area contributed by atoms with Crippen LogP contribution < -0.4 is 10.1 Å². The zero-order valence-corrected chi connectivity index (χ0v) is 13.7. The molecule has 3 N–H and O–H groups in total. The monoisotopic (exact) mass is 311 g/mol. The number of rotatable bonds is 5. The van der Waals surface area contributed by atoms with Crippen LogP contribution in [0.5, 0.6) is 5.75 Å². The third kappa shape index (κ3) is 4.88. The first-order valence-electron chi connectivity index (χ1n) is 7.36. The molecule has 1 heterocycles. The molecule has 2 atom stereocenters. The van der Waals surface area contributed by atoms with Crippen LogP contribution in [-0.4, -0.2) is 40.8 Å². The SMILES string of the molecule is CC(C)(C)NC[C@@H](O)COc1cccc2c1SCCC2O. The van der Waals surface area contributed by atoms with Gasteiger partial charge >= 0.3 is 0 Å². The lowest BCUT2D eigenvalue weighted by Gasteiger charge is -2.25. The van der Waals surface area contributed by atoms with E-state index in [9.17, 15) is 10.2 Å². The Morgan fingerprint density at radius 3 is 2.90 bits per heavy atom. The summed E-state index contributed by atoms with van der Waals surface area (Å²) in [5, 5.41) is 23.2. The molecule has 1 aliphatic heterocycles. The van der Waals surface area contributed by atoms with Crippen LogP contribution in [0.4, 0.5) is 0 Å². The van der Waals surface area contributed by atoms with E-state index in [2.05, 4.69) is 26.1 Å². The van der Waals surface area contributed by atoms with E-state index in [0.29, 0.717) is 6.54 Å². The average molecular weight is 311 g/mol. The Kier molecular flexibility index (Phi) is 5.54. The lowest BCUT2D eigenvalue weighted by atomic mass is 10.1. The highest BCUT2D eigenvalue weighted by Crippen LogP contribution is 2.41. The van der Waals surface area contributed by atoms with E-state index >= 15 is 0 Å². The molecule has 1 aliphatic rings. The fourth-order valence-electron chi connectivity index (χ4n) is 2.16. The van der Waals surface area contributed by atoms with E-state index in [-0.39, 0.29) is 12.1 Å².